The zero-order chi connectivity index (χ0) is 17.8. The first kappa shape index (κ1) is 18.0. The minimum atomic E-state index is -4.52. The van der Waals surface area contributed by atoms with Crippen LogP contribution in [0.4, 0.5) is 24.9 Å². The maximum Gasteiger partial charge on any atom is 0.433 e. The molecule has 0 aliphatic carbocycles. The summed E-state index contributed by atoms with van der Waals surface area (Å²) < 4.78 is 39.1. The summed E-state index contributed by atoms with van der Waals surface area (Å²) in [6.45, 7) is 5.98. The summed E-state index contributed by atoms with van der Waals surface area (Å²) in [5.41, 5.74) is -0.305. The van der Waals surface area contributed by atoms with Gasteiger partial charge in [-0.1, -0.05) is 30.3 Å². The Balaban J connectivity index is 2.14. The maximum atomic E-state index is 13.0. The molecule has 0 spiro atoms. The lowest BCUT2D eigenvalue weighted by Gasteiger charge is -2.21. The summed E-state index contributed by atoms with van der Waals surface area (Å²) in [6, 6.07) is 10.6. The largest absolute Gasteiger partial charge is 0.433 e. The van der Waals surface area contributed by atoms with Crippen LogP contribution in [0.15, 0.2) is 36.4 Å². The van der Waals surface area contributed by atoms with Crippen LogP contribution in [-0.4, -0.2) is 22.1 Å². The third-order valence-corrected chi connectivity index (χ3v) is 3.07. The molecular weight excluding hydrogens is 317 g/mol. The summed E-state index contributed by atoms with van der Waals surface area (Å²) in [4.78, 5) is 7.70. The number of nitrogens with zero attached hydrogens (tertiary/aromatic N) is 2. The molecule has 0 aliphatic heterocycles. The molecule has 24 heavy (non-hydrogen) atoms. The van der Waals surface area contributed by atoms with Gasteiger partial charge in [0.05, 0.1) is 0 Å². The van der Waals surface area contributed by atoms with E-state index in [0.29, 0.717) is 13.0 Å². The van der Waals surface area contributed by atoms with Gasteiger partial charge in [-0.15, -0.1) is 0 Å². The maximum absolute atomic E-state index is 13.0. The van der Waals surface area contributed by atoms with Crippen LogP contribution >= 0.6 is 0 Å². The summed E-state index contributed by atoms with van der Waals surface area (Å²) >= 11 is 0. The van der Waals surface area contributed by atoms with Crippen LogP contribution in [0, 0.1) is 0 Å². The third kappa shape index (κ3) is 5.72. The Kier molecular flexibility index (Phi) is 5.31. The van der Waals surface area contributed by atoms with E-state index < -0.39 is 17.4 Å². The molecule has 0 unspecified atom stereocenters. The molecule has 1 aromatic carbocycles. The second kappa shape index (κ2) is 7.07. The fourth-order valence-electron chi connectivity index (χ4n) is 2.05. The third-order valence-electron chi connectivity index (χ3n) is 3.07. The molecule has 2 aromatic rings. The van der Waals surface area contributed by atoms with Gasteiger partial charge in [0.2, 0.25) is 5.95 Å². The van der Waals surface area contributed by atoms with Crippen molar-refractivity contribution in [1.29, 1.82) is 0 Å². The van der Waals surface area contributed by atoms with Gasteiger partial charge in [0, 0.05) is 18.2 Å². The smallest absolute Gasteiger partial charge is 0.370 e. The lowest BCUT2D eigenvalue weighted by Crippen LogP contribution is -2.28. The lowest BCUT2D eigenvalue weighted by atomic mass is 10.1. The number of hydrogen-bond donors (Lipinski definition) is 2. The summed E-state index contributed by atoms with van der Waals surface area (Å²) in [5.74, 6) is 0.111. The second-order valence-corrected chi connectivity index (χ2v) is 6.50. The molecule has 2 rings (SSSR count). The number of halogens is 3. The van der Waals surface area contributed by atoms with E-state index in [1.807, 2.05) is 51.1 Å². The molecule has 7 heteroatoms. The molecule has 0 amide bonds. The first-order valence-electron chi connectivity index (χ1n) is 7.66. The molecule has 0 atom stereocenters. The van der Waals surface area contributed by atoms with Crippen LogP contribution in [0.1, 0.15) is 32.0 Å². The fraction of sp³-hybridized carbons (Fsp3) is 0.412. The van der Waals surface area contributed by atoms with Gasteiger partial charge in [0.15, 0.2) is 5.69 Å². The van der Waals surface area contributed by atoms with E-state index in [1.165, 1.54) is 0 Å². The Morgan fingerprint density at radius 2 is 1.67 bits per heavy atom. The molecule has 4 nitrogen and oxygen atoms in total. The van der Waals surface area contributed by atoms with Gasteiger partial charge in [-0.3, -0.25) is 0 Å². The van der Waals surface area contributed by atoms with E-state index in [9.17, 15) is 13.2 Å². The monoisotopic (exact) mass is 338 g/mol. The SMILES string of the molecule is CC(C)(C)Nc1nc(NCCc2ccccc2)cc(C(F)(F)F)n1. The van der Waals surface area contributed by atoms with Gasteiger partial charge in [-0.25, -0.2) is 4.98 Å². The second-order valence-electron chi connectivity index (χ2n) is 6.50. The van der Waals surface area contributed by atoms with E-state index in [4.69, 9.17) is 0 Å². The molecular formula is C17H21F3N4. The van der Waals surface area contributed by atoms with Crippen LogP contribution in [0.2, 0.25) is 0 Å². The van der Waals surface area contributed by atoms with Crippen molar-refractivity contribution in [3.05, 3.63) is 47.7 Å². The molecule has 0 aliphatic rings. The highest BCUT2D eigenvalue weighted by molar-refractivity contribution is 5.44. The van der Waals surface area contributed by atoms with Crippen LogP contribution in [0.25, 0.3) is 0 Å². The van der Waals surface area contributed by atoms with Gasteiger partial charge in [-0.05, 0) is 32.8 Å². The van der Waals surface area contributed by atoms with Crippen molar-refractivity contribution in [2.75, 3.05) is 17.2 Å². The van der Waals surface area contributed by atoms with E-state index in [0.717, 1.165) is 11.6 Å². The number of benzene rings is 1. The summed E-state index contributed by atoms with van der Waals surface area (Å²) in [7, 11) is 0. The topological polar surface area (TPSA) is 49.8 Å². The Bertz CT molecular complexity index is 664. The van der Waals surface area contributed by atoms with Crippen LogP contribution in [0.5, 0.6) is 0 Å². The lowest BCUT2D eigenvalue weighted by molar-refractivity contribution is -0.141. The number of anilines is 2. The predicted octanol–water partition coefficient (Wildman–Crippen LogP) is 4.36. The number of alkyl halides is 3. The predicted molar refractivity (Wildman–Crippen MR) is 89.0 cm³/mol. The minimum Gasteiger partial charge on any atom is -0.370 e. The highest BCUT2D eigenvalue weighted by Gasteiger charge is 2.34. The number of hydrogen-bond acceptors (Lipinski definition) is 4. The average molecular weight is 338 g/mol. The van der Waals surface area contributed by atoms with E-state index in [2.05, 4.69) is 20.6 Å². The molecule has 1 aromatic heterocycles. The highest BCUT2D eigenvalue weighted by atomic mass is 19.4. The molecule has 1 heterocycles. The standard InChI is InChI=1S/C17H21F3N4/c1-16(2,3)24-15-22-13(17(18,19)20)11-14(23-15)21-10-9-12-7-5-4-6-8-12/h4-8,11H,9-10H2,1-3H3,(H2,21,22,23,24). The molecule has 0 bridgehead atoms. The Labute approximate surface area is 139 Å². The van der Waals surface area contributed by atoms with Crippen molar-refractivity contribution in [3.63, 3.8) is 0 Å². The minimum absolute atomic E-state index is 0.0421. The van der Waals surface area contributed by atoms with Crippen molar-refractivity contribution in [2.45, 2.75) is 38.9 Å². The van der Waals surface area contributed by atoms with Crippen molar-refractivity contribution >= 4 is 11.8 Å². The van der Waals surface area contributed by atoms with Crippen molar-refractivity contribution in [3.8, 4) is 0 Å². The quantitative estimate of drug-likeness (QED) is 0.850. The first-order chi connectivity index (χ1) is 11.1. The molecule has 0 saturated carbocycles. The summed E-state index contributed by atoms with van der Waals surface area (Å²) in [5, 5.41) is 5.82. The van der Waals surface area contributed by atoms with Gasteiger partial charge in [0.25, 0.3) is 0 Å². The molecule has 0 radical (unpaired) electrons. The van der Waals surface area contributed by atoms with Crippen LogP contribution in [0.3, 0.4) is 0 Å². The number of rotatable bonds is 5. The fourth-order valence-corrected chi connectivity index (χ4v) is 2.05. The first-order valence-corrected chi connectivity index (χ1v) is 7.66. The van der Waals surface area contributed by atoms with Gasteiger partial charge >= 0.3 is 6.18 Å². The van der Waals surface area contributed by atoms with Gasteiger partial charge in [0.1, 0.15) is 5.82 Å². The molecule has 2 N–H and O–H groups in total. The van der Waals surface area contributed by atoms with Crippen molar-refractivity contribution < 1.29 is 13.2 Å². The van der Waals surface area contributed by atoms with E-state index in [-0.39, 0.29) is 11.8 Å². The Morgan fingerprint density at radius 3 is 2.25 bits per heavy atom. The molecule has 0 fully saturated rings. The average Bonchev–Trinajstić information content (AvgIpc) is 2.45. The van der Waals surface area contributed by atoms with E-state index >= 15 is 0 Å². The Morgan fingerprint density at radius 1 is 1.00 bits per heavy atom. The zero-order valence-electron chi connectivity index (χ0n) is 13.9. The van der Waals surface area contributed by atoms with E-state index in [1.54, 1.807) is 0 Å². The molecule has 0 saturated heterocycles. The van der Waals surface area contributed by atoms with Crippen molar-refractivity contribution in [1.82, 2.24) is 9.97 Å². The van der Waals surface area contributed by atoms with Gasteiger partial charge < -0.3 is 10.6 Å². The number of aromatic nitrogens is 2. The van der Waals surface area contributed by atoms with Crippen molar-refractivity contribution in [2.24, 2.45) is 0 Å². The normalized spacial score (nSPS) is 12.1. The zero-order valence-corrected chi connectivity index (χ0v) is 13.9. The van der Waals surface area contributed by atoms with Crippen LogP contribution < -0.4 is 10.6 Å². The molecule has 130 valence electrons. The number of nitrogens with one attached hydrogen (secondary N) is 2. The van der Waals surface area contributed by atoms with Gasteiger partial charge in [-0.2, -0.15) is 18.2 Å². The summed E-state index contributed by atoms with van der Waals surface area (Å²) in [6.07, 6.45) is -3.83. The van der Waals surface area contributed by atoms with Crippen LogP contribution in [-0.2, 0) is 12.6 Å². The highest BCUT2D eigenvalue weighted by Crippen LogP contribution is 2.30. The Hall–Kier alpha value is -2.31.